The van der Waals surface area contributed by atoms with E-state index in [0.29, 0.717) is 36.8 Å². The fourth-order valence-electron chi connectivity index (χ4n) is 15.0. The number of carboxylic acid groups (broad SMARTS) is 1. The molecule has 46 nitrogen and oxygen atoms in total. The SMILES string of the molecule is CC(C)C[C@H](NC(=O)[C@H](C)NC(=O)[C@H](CCCCN)NC(=O)[C@H](C)NC(=O)[C@H](C)NC(=O)CNC(=O)[C@H](CCCCN)NC(=O)[C@H](CC(C)C)NC(=O)[C@H](CC(C)C)NC(=O)[C@H](CC(=O)O)NC(=O)[C@H](CCCCN)NC(=O)[C@H](Cc1ccccc1)NC(=O)CN)C(=O)N[C@H](C(=O)N[C@@H](CCCCN)C(=O)N[C@H](C(=O)N[C@H](C(=O)N[C@@H](CC(C)C)C(=O)N[C@@H](Cc1ccccc1)C(N)=O)C(C)C)[C@@H](C)O)C(C)C. The molecule has 0 fully saturated rings. The number of aliphatic hydroxyl groups is 1. The summed E-state index contributed by atoms with van der Waals surface area (Å²) in [5, 5.41) is 67.5. The number of aliphatic carboxylic acids is 1. The molecule has 2 aromatic carbocycles. The van der Waals surface area contributed by atoms with Crippen LogP contribution in [0.15, 0.2) is 60.7 Å². The van der Waals surface area contributed by atoms with Gasteiger partial charge in [0.1, 0.15) is 103 Å². The molecule has 0 heterocycles. The van der Waals surface area contributed by atoms with Gasteiger partial charge in [0.25, 0.3) is 0 Å². The molecule has 0 saturated carbocycles. The van der Waals surface area contributed by atoms with E-state index in [2.05, 4.69) is 95.7 Å². The zero-order chi connectivity index (χ0) is 108. The summed E-state index contributed by atoms with van der Waals surface area (Å²) in [7, 11) is 0. The molecule has 0 bridgehead atoms. The van der Waals surface area contributed by atoms with E-state index in [1.807, 2.05) is 13.8 Å². The van der Waals surface area contributed by atoms with Gasteiger partial charge in [-0.1, -0.05) is 144 Å². The molecule has 2 rings (SSSR count). The molecule has 18 atom stereocenters. The minimum atomic E-state index is -1.84. The maximum absolute atomic E-state index is 14.5. The minimum absolute atomic E-state index is 0.00104. The number of carbonyl (C=O) groups excluding carboxylic acids is 19. The number of unbranched alkanes of at least 4 members (excludes halogenated alkanes) is 4. The van der Waals surface area contributed by atoms with Crippen LogP contribution < -0.4 is 130 Å². The average Bonchev–Trinajstić information content (AvgIpc) is 0.842. The van der Waals surface area contributed by atoms with Gasteiger partial charge in [-0.05, 0) is 203 Å². The lowest BCUT2D eigenvalue weighted by atomic mass is 9.98. The second-order valence-electron chi connectivity index (χ2n) is 38.6. The van der Waals surface area contributed by atoms with Gasteiger partial charge in [-0.3, -0.25) is 95.9 Å². The van der Waals surface area contributed by atoms with Crippen LogP contribution >= 0.6 is 0 Å². The molecule has 19 amide bonds. The molecule has 0 aliphatic heterocycles. The number of nitrogens with one attached hydrogen (secondary N) is 18. The molecular formula is C97H164N24O22. The van der Waals surface area contributed by atoms with Crippen molar-refractivity contribution in [2.45, 2.75) is 342 Å². The van der Waals surface area contributed by atoms with Crippen LogP contribution in [0.5, 0.6) is 0 Å². The highest BCUT2D eigenvalue weighted by molar-refractivity contribution is 6.02. The minimum Gasteiger partial charge on any atom is -0.481 e. The molecule has 32 N–H and O–H groups in total. The Morgan fingerprint density at radius 1 is 0.273 bits per heavy atom. The Balaban J connectivity index is 2.28. The van der Waals surface area contributed by atoms with Gasteiger partial charge in [-0.2, -0.15) is 0 Å². The first-order chi connectivity index (χ1) is 67.3. The number of hydrogen-bond donors (Lipinski definition) is 26. The molecule has 2 aromatic rings. The quantitative estimate of drug-likeness (QED) is 0.0282. The van der Waals surface area contributed by atoms with E-state index in [1.54, 1.807) is 130 Å². The summed E-state index contributed by atoms with van der Waals surface area (Å²) in [6, 6.07) is -6.25. The lowest BCUT2D eigenvalue weighted by molar-refractivity contribution is -0.141. The topological polar surface area (TPSA) is 755 Å². The number of nitrogens with two attached hydrogens (primary N) is 6. The lowest BCUT2D eigenvalue weighted by Gasteiger charge is -2.30. The van der Waals surface area contributed by atoms with E-state index in [9.17, 15) is 106 Å². The van der Waals surface area contributed by atoms with E-state index < -0.39 is 258 Å². The number of aliphatic hydroxyl groups excluding tert-OH is 1. The smallest absolute Gasteiger partial charge is 0.305 e. The van der Waals surface area contributed by atoms with E-state index in [0.717, 1.165) is 0 Å². The van der Waals surface area contributed by atoms with E-state index >= 15 is 0 Å². The molecule has 0 spiro atoms. The van der Waals surface area contributed by atoms with Crippen LogP contribution in [0.2, 0.25) is 0 Å². The summed E-state index contributed by atoms with van der Waals surface area (Å²) in [5.74, 6) is -20.4. The number of rotatable bonds is 70. The molecular weight excluding hydrogens is 1850 g/mol. The summed E-state index contributed by atoms with van der Waals surface area (Å²) in [4.78, 5) is 277. The van der Waals surface area contributed by atoms with Crippen molar-refractivity contribution in [3.63, 3.8) is 0 Å². The van der Waals surface area contributed by atoms with Crippen LogP contribution in [0.25, 0.3) is 0 Å². The first-order valence-corrected chi connectivity index (χ1v) is 49.5. The van der Waals surface area contributed by atoms with Crippen molar-refractivity contribution in [3.05, 3.63) is 71.8 Å². The highest BCUT2D eigenvalue weighted by Crippen LogP contribution is 2.18. The standard InChI is InChI=1S/C97H164N24O22/c1-52(2)43-69(115-91(137)70(44-53(3)4)116-93(139)74(49-77(125)126)117-87(133)66(37-25-29-41-100)111-92(138)73(108-75(123)50-102)48-63-33-21-18-22-34-63)89(135)110-64(35-23-27-39-98)85(131)104-51-76(124)105-58(13)82(128)106-59(14)83(129)109-65(36-24-28-40-99)86(132)107-60(15)84(130)114-72(46-55(7)8)94(140)119-78(56(9)10)95(141)112-67(38-26-30-42-101)88(134)121-80(61(16)122)97(143)120-79(57(11)12)96(142)118-71(45-54(5)6)90(136)113-68(81(103)127)47-62-31-19-17-20-32-62/h17-22,31-34,52-61,64-74,78-80,122H,23-30,35-51,98-102H2,1-16H3,(H2,103,127)(H,104,131)(H,105,124)(H,106,128)(H,107,132)(H,108,123)(H,109,129)(H,110,135)(H,111,138)(H,112,141)(H,113,136)(H,114,130)(H,115,137)(H,116,139)(H,117,133)(H,118,142)(H,119,140)(H,120,143)(H,121,134)(H,125,126)/t58-,59-,60-,61+,64-,65-,66-,67-,68-,69-,70-,71-,72-,73-,74-,78-,79-,80-/m0/s1. The first kappa shape index (κ1) is 127. The Kier molecular flexibility index (Phi) is 59.5. The summed E-state index contributed by atoms with van der Waals surface area (Å²) in [6.07, 6.45) is 0.0395. The molecule has 46 heteroatoms. The van der Waals surface area contributed by atoms with Crippen LogP contribution in [0.1, 0.15) is 231 Å². The van der Waals surface area contributed by atoms with Gasteiger partial charge in [0.05, 0.1) is 25.6 Å². The molecule has 0 unspecified atom stereocenters. The van der Waals surface area contributed by atoms with Gasteiger partial charge in [0, 0.05) is 12.8 Å². The summed E-state index contributed by atoms with van der Waals surface area (Å²) in [5.41, 5.74) is 35.8. The Morgan fingerprint density at radius 2 is 0.538 bits per heavy atom. The lowest BCUT2D eigenvalue weighted by Crippen LogP contribution is -2.63. The maximum Gasteiger partial charge on any atom is 0.305 e. The van der Waals surface area contributed by atoms with Crippen molar-refractivity contribution in [1.82, 2.24) is 95.7 Å². The fraction of sp³-hybridized carbons (Fsp3) is 0.670. The zero-order valence-electron chi connectivity index (χ0n) is 85.8. The number of amides is 19. The van der Waals surface area contributed by atoms with E-state index in [4.69, 9.17) is 34.4 Å². The average molecular weight is 2020 g/mol. The Labute approximate surface area is 838 Å². The van der Waals surface area contributed by atoms with E-state index in [1.165, 1.54) is 27.7 Å². The number of hydrogen-bond acceptors (Lipinski definition) is 26. The van der Waals surface area contributed by atoms with Crippen molar-refractivity contribution < 1.29 is 106 Å². The molecule has 0 radical (unpaired) electrons. The van der Waals surface area contributed by atoms with Gasteiger partial charge in [-0.25, -0.2) is 0 Å². The Hall–Kier alpha value is -12.4. The predicted molar refractivity (Wildman–Crippen MR) is 534 cm³/mol. The second-order valence-corrected chi connectivity index (χ2v) is 38.6. The van der Waals surface area contributed by atoms with Gasteiger partial charge in [0.15, 0.2) is 0 Å². The summed E-state index contributed by atoms with van der Waals surface area (Å²) in [6.45, 7) is 25.2. The molecule has 0 aliphatic carbocycles. The largest absolute Gasteiger partial charge is 0.481 e. The van der Waals surface area contributed by atoms with Crippen molar-refractivity contribution >= 4 is 118 Å². The normalized spacial score (nSPS) is 15.1. The monoisotopic (exact) mass is 2020 g/mol. The highest BCUT2D eigenvalue weighted by Gasteiger charge is 2.41. The molecule has 0 saturated heterocycles. The van der Waals surface area contributed by atoms with Gasteiger partial charge in [0.2, 0.25) is 112 Å². The molecule has 143 heavy (non-hydrogen) atoms. The van der Waals surface area contributed by atoms with Crippen molar-refractivity contribution in [2.75, 3.05) is 39.3 Å². The summed E-state index contributed by atoms with van der Waals surface area (Å²) < 4.78 is 0. The Bertz CT molecular complexity index is 4430. The Morgan fingerprint density at radius 3 is 0.902 bits per heavy atom. The highest BCUT2D eigenvalue weighted by atomic mass is 16.4. The maximum atomic E-state index is 14.5. The van der Waals surface area contributed by atoms with Crippen LogP contribution in [0.3, 0.4) is 0 Å². The van der Waals surface area contributed by atoms with Gasteiger partial charge in [-0.15, -0.1) is 0 Å². The number of carboxylic acids is 1. The third-order valence-electron chi connectivity index (χ3n) is 23.0. The third kappa shape index (κ3) is 49.4. The molecule has 0 aromatic heterocycles. The van der Waals surface area contributed by atoms with Crippen LogP contribution in [0, 0.1) is 35.5 Å². The first-order valence-electron chi connectivity index (χ1n) is 49.5. The van der Waals surface area contributed by atoms with Crippen molar-refractivity contribution in [3.8, 4) is 0 Å². The molecule has 0 aliphatic rings. The van der Waals surface area contributed by atoms with Crippen molar-refractivity contribution in [2.24, 2.45) is 69.9 Å². The van der Waals surface area contributed by atoms with Crippen LogP contribution in [-0.4, -0.2) is 277 Å². The van der Waals surface area contributed by atoms with Crippen molar-refractivity contribution in [1.29, 1.82) is 0 Å². The third-order valence-corrected chi connectivity index (χ3v) is 23.0. The van der Waals surface area contributed by atoms with Crippen LogP contribution in [-0.2, 0) is 109 Å². The number of benzene rings is 2. The second kappa shape index (κ2) is 67.2. The number of primary amides is 1. The molecule has 804 valence electrons. The van der Waals surface area contributed by atoms with Gasteiger partial charge < -0.3 is 140 Å². The number of carbonyl (C=O) groups is 20. The fourth-order valence-corrected chi connectivity index (χ4v) is 15.0. The predicted octanol–water partition coefficient (Wildman–Crippen LogP) is -3.80. The van der Waals surface area contributed by atoms with Crippen LogP contribution in [0.4, 0.5) is 0 Å². The van der Waals surface area contributed by atoms with E-state index in [-0.39, 0.29) is 140 Å². The summed E-state index contributed by atoms with van der Waals surface area (Å²) >= 11 is 0. The zero-order valence-corrected chi connectivity index (χ0v) is 85.8. The van der Waals surface area contributed by atoms with Gasteiger partial charge >= 0.3 is 5.97 Å².